The molecule has 186 valence electrons. The maximum Gasteiger partial charge on any atom is 0.236 e. The van der Waals surface area contributed by atoms with Crippen molar-refractivity contribution in [3.8, 4) is 0 Å². The molecule has 3 heterocycles. The summed E-state index contributed by atoms with van der Waals surface area (Å²) in [7, 11) is 0. The summed E-state index contributed by atoms with van der Waals surface area (Å²) < 4.78 is 13.8. The van der Waals surface area contributed by atoms with Crippen LogP contribution in [0.2, 0.25) is 0 Å². The number of benzene rings is 1. The van der Waals surface area contributed by atoms with E-state index in [-0.39, 0.29) is 23.9 Å². The van der Waals surface area contributed by atoms with Gasteiger partial charge in [-0.15, -0.1) is 0 Å². The third-order valence-corrected chi connectivity index (χ3v) is 7.77. The van der Waals surface area contributed by atoms with Gasteiger partial charge in [0.05, 0.1) is 23.0 Å². The number of anilines is 2. The number of halogens is 1. The van der Waals surface area contributed by atoms with Crippen LogP contribution in [0.3, 0.4) is 0 Å². The van der Waals surface area contributed by atoms with E-state index < -0.39 is 11.5 Å². The number of rotatable bonds is 6. The van der Waals surface area contributed by atoms with Crippen molar-refractivity contribution in [3.63, 3.8) is 0 Å². The Labute approximate surface area is 206 Å². The van der Waals surface area contributed by atoms with Crippen LogP contribution in [0.25, 0.3) is 0 Å². The molecule has 1 aromatic heterocycles. The first-order chi connectivity index (χ1) is 17.0. The molecule has 1 aromatic carbocycles. The van der Waals surface area contributed by atoms with Gasteiger partial charge in [0.1, 0.15) is 0 Å². The summed E-state index contributed by atoms with van der Waals surface area (Å²) in [4.78, 5) is 18.8. The Hall–Kier alpha value is -3.00. The number of likely N-dealkylation sites (tertiary alicyclic amines) is 1. The van der Waals surface area contributed by atoms with E-state index >= 15 is 0 Å². The van der Waals surface area contributed by atoms with Crippen molar-refractivity contribution in [1.29, 1.82) is 0 Å². The fourth-order valence-electron chi connectivity index (χ4n) is 5.72. The predicted octanol–water partition coefficient (Wildman–Crippen LogP) is 4.20. The van der Waals surface area contributed by atoms with Crippen LogP contribution in [0, 0.1) is 11.9 Å². The molecule has 2 aromatic rings. The van der Waals surface area contributed by atoms with Crippen LogP contribution in [0.5, 0.6) is 0 Å². The lowest BCUT2D eigenvalue weighted by Gasteiger charge is -2.42. The van der Waals surface area contributed by atoms with Crippen molar-refractivity contribution in [2.24, 2.45) is 11.0 Å². The van der Waals surface area contributed by atoms with Gasteiger partial charge in [0.15, 0.2) is 0 Å². The number of para-hydroxylation sites is 1. The van der Waals surface area contributed by atoms with E-state index in [0.717, 1.165) is 37.8 Å². The molecule has 8 heteroatoms. The van der Waals surface area contributed by atoms with Crippen LogP contribution in [0.4, 0.5) is 15.8 Å². The number of pyridine rings is 1. The molecule has 1 aliphatic carbocycles. The summed E-state index contributed by atoms with van der Waals surface area (Å²) in [6.45, 7) is 1.18. The largest absolute Gasteiger partial charge is 0.390 e. The molecule has 1 unspecified atom stereocenters. The average Bonchev–Trinajstić information content (AvgIpc) is 3.34. The minimum absolute atomic E-state index is 0.00907. The molecule has 1 amide bonds. The summed E-state index contributed by atoms with van der Waals surface area (Å²) >= 11 is 0. The number of aliphatic hydroxyl groups is 1. The highest BCUT2D eigenvalue weighted by molar-refractivity contribution is 5.79. The monoisotopic (exact) mass is 479 g/mol. The molecule has 1 saturated carbocycles. The minimum atomic E-state index is -0.780. The first-order valence-corrected chi connectivity index (χ1v) is 12.8. The fourth-order valence-corrected chi connectivity index (χ4v) is 5.72. The number of carbonyl (C=O) groups is 1. The normalized spacial score (nSPS) is 26.1. The molecule has 2 N–H and O–H groups in total. The molecule has 0 radical (unpaired) electrons. The lowest BCUT2D eigenvalue weighted by atomic mass is 9.82. The van der Waals surface area contributed by atoms with Crippen molar-refractivity contribution in [1.82, 2.24) is 9.88 Å². The summed E-state index contributed by atoms with van der Waals surface area (Å²) in [6.07, 6.45) is 9.27. The van der Waals surface area contributed by atoms with Gasteiger partial charge in [0, 0.05) is 43.9 Å². The second kappa shape index (κ2) is 10.3. The zero-order valence-corrected chi connectivity index (χ0v) is 20.0. The molecular formula is C27H34FN5O2. The zero-order chi connectivity index (χ0) is 24.3. The lowest BCUT2D eigenvalue weighted by molar-refractivity contribution is -0.141. The number of hydrogen-bond acceptors (Lipinski definition) is 6. The van der Waals surface area contributed by atoms with Crippen molar-refractivity contribution in [2.45, 2.75) is 69.1 Å². The van der Waals surface area contributed by atoms with Crippen molar-refractivity contribution >= 4 is 23.5 Å². The fraction of sp³-hybridized carbons (Fsp3) is 0.519. The Morgan fingerprint density at radius 2 is 1.83 bits per heavy atom. The number of carbonyl (C=O) groups excluding carboxylic acids is 1. The standard InChI is InChI=1S/C27H34FN5O2/c28-25-24(7-4-15-29-25)31-21-10-8-20(9-11-21)26(34)32-17-13-27(35,14-18-32)19-23-12-16-30-33(23)22-5-2-1-3-6-22/h1-7,15-16,20-21,23,31,35H,8-14,17-19H2. The topological polar surface area (TPSA) is 81.1 Å². The van der Waals surface area contributed by atoms with Gasteiger partial charge >= 0.3 is 0 Å². The van der Waals surface area contributed by atoms with Crippen LogP contribution in [0.1, 0.15) is 51.4 Å². The van der Waals surface area contributed by atoms with Crippen molar-refractivity contribution in [2.75, 3.05) is 23.4 Å². The van der Waals surface area contributed by atoms with Crippen LogP contribution in [-0.4, -0.2) is 57.9 Å². The van der Waals surface area contributed by atoms with Crippen LogP contribution in [-0.2, 0) is 4.79 Å². The quantitative estimate of drug-likeness (QED) is 0.607. The number of hydrazone groups is 1. The van der Waals surface area contributed by atoms with E-state index in [1.165, 1.54) is 6.20 Å². The summed E-state index contributed by atoms with van der Waals surface area (Å²) in [5.74, 6) is -0.273. The van der Waals surface area contributed by atoms with Crippen molar-refractivity contribution in [3.05, 3.63) is 54.6 Å². The zero-order valence-electron chi connectivity index (χ0n) is 20.0. The molecule has 1 atom stereocenters. The van der Waals surface area contributed by atoms with Gasteiger partial charge in [-0.2, -0.15) is 9.49 Å². The number of amides is 1. The van der Waals surface area contributed by atoms with E-state index in [1.54, 1.807) is 12.1 Å². The summed E-state index contributed by atoms with van der Waals surface area (Å²) in [5, 5.41) is 21.1. The Bertz CT molecular complexity index is 1030. The first kappa shape index (κ1) is 23.7. The van der Waals surface area contributed by atoms with Gasteiger partial charge in [0.25, 0.3) is 0 Å². The molecule has 7 nitrogen and oxygen atoms in total. The average molecular weight is 480 g/mol. The van der Waals surface area contributed by atoms with Gasteiger partial charge in [-0.1, -0.05) is 18.2 Å². The Balaban J connectivity index is 1.09. The highest BCUT2D eigenvalue weighted by atomic mass is 19.1. The van der Waals surface area contributed by atoms with Crippen LogP contribution >= 0.6 is 0 Å². The highest BCUT2D eigenvalue weighted by Gasteiger charge is 2.40. The molecule has 5 rings (SSSR count). The van der Waals surface area contributed by atoms with E-state index in [0.29, 0.717) is 38.0 Å². The number of nitrogens with one attached hydrogen (secondary N) is 1. The minimum Gasteiger partial charge on any atom is -0.390 e. The number of aromatic nitrogens is 1. The lowest BCUT2D eigenvalue weighted by Crippen LogP contribution is -2.51. The molecule has 3 aliphatic rings. The first-order valence-electron chi connectivity index (χ1n) is 12.8. The van der Waals surface area contributed by atoms with Crippen LogP contribution in [0.15, 0.2) is 53.8 Å². The third-order valence-electron chi connectivity index (χ3n) is 7.77. The predicted molar refractivity (Wildman–Crippen MR) is 135 cm³/mol. The second-order valence-electron chi connectivity index (χ2n) is 10.2. The Kier molecular flexibility index (Phi) is 7.00. The van der Waals surface area contributed by atoms with E-state index in [2.05, 4.69) is 15.4 Å². The maximum atomic E-state index is 13.8. The van der Waals surface area contributed by atoms with Gasteiger partial charge in [-0.05, 0) is 69.2 Å². The van der Waals surface area contributed by atoms with Gasteiger partial charge in [0.2, 0.25) is 11.9 Å². The molecule has 2 fully saturated rings. The SMILES string of the molecule is O=C(C1CCC(Nc2cccnc2F)CC1)N1CCC(O)(CC2CC=NN2c2ccccc2)CC1. The Morgan fingerprint density at radius 1 is 1.09 bits per heavy atom. The number of nitrogens with zero attached hydrogens (tertiary/aromatic N) is 4. The molecule has 35 heavy (non-hydrogen) atoms. The summed E-state index contributed by atoms with van der Waals surface area (Å²) in [6, 6.07) is 13.8. The number of piperidine rings is 1. The van der Waals surface area contributed by atoms with Crippen LogP contribution < -0.4 is 10.3 Å². The van der Waals surface area contributed by atoms with E-state index in [1.807, 2.05) is 46.5 Å². The summed E-state index contributed by atoms with van der Waals surface area (Å²) in [5.41, 5.74) is 0.687. The smallest absolute Gasteiger partial charge is 0.236 e. The maximum absolute atomic E-state index is 13.8. The third kappa shape index (κ3) is 5.48. The van der Waals surface area contributed by atoms with E-state index in [4.69, 9.17) is 0 Å². The van der Waals surface area contributed by atoms with Crippen molar-refractivity contribution < 1.29 is 14.3 Å². The Morgan fingerprint density at radius 3 is 2.54 bits per heavy atom. The number of hydrogen-bond donors (Lipinski definition) is 2. The molecule has 0 bridgehead atoms. The van der Waals surface area contributed by atoms with Gasteiger partial charge in [-0.25, -0.2) is 4.98 Å². The van der Waals surface area contributed by atoms with Gasteiger partial charge in [-0.3, -0.25) is 9.80 Å². The highest BCUT2D eigenvalue weighted by Crippen LogP contribution is 2.35. The van der Waals surface area contributed by atoms with E-state index in [9.17, 15) is 14.3 Å². The second-order valence-corrected chi connectivity index (χ2v) is 10.2. The molecule has 0 spiro atoms. The molecule has 1 saturated heterocycles. The molecular weight excluding hydrogens is 445 g/mol. The molecule has 2 aliphatic heterocycles. The van der Waals surface area contributed by atoms with Gasteiger partial charge < -0.3 is 15.3 Å².